The Morgan fingerprint density at radius 3 is 2.83 bits per heavy atom. The van der Waals surface area contributed by atoms with Gasteiger partial charge in [0.1, 0.15) is 5.75 Å². The van der Waals surface area contributed by atoms with Crippen LogP contribution in [-0.2, 0) is 0 Å². The summed E-state index contributed by atoms with van der Waals surface area (Å²) in [6.45, 7) is 2.80. The van der Waals surface area contributed by atoms with E-state index in [1.165, 1.54) is 24.3 Å². The van der Waals surface area contributed by atoms with E-state index in [4.69, 9.17) is 16.3 Å². The highest BCUT2D eigenvalue weighted by molar-refractivity contribution is 7.99. The third-order valence-electron chi connectivity index (χ3n) is 2.99. The molecule has 18 heavy (non-hydrogen) atoms. The molecule has 0 radical (unpaired) electrons. The molecule has 2 rings (SSSR count). The normalized spacial score (nSPS) is 16.6. The molecule has 2 nitrogen and oxygen atoms in total. The number of rotatable bonds is 5. The fraction of sp³-hybridized carbons (Fsp3) is 0.571. The van der Waals surface area contributed by atoms with Crippen molar-refractivity contribution in [2.45, 2.75) is 32.2 Å². The number of hydrogen-bond donors (Lipinski definition) is 1. The van der Waals surface area contributed by atoms with Crippen molar-refractivity contribution in [3.8, 4) is 5.75 Å². The molecule has 1 aliphatic rings. The molecule has 1 heterocycles. The molecule has 0 bridgehead atoms. The Morgan fingerprint density at radius 1 is 1.39 bits per heavy atom. The molecule has 0 saturated carbocycles. The average Bonchev–Trinajstić information content (AvgIpc) is 2.39. The lowest BCUT2D eigenvalue weighted by molar-refractivity contribution is 0.317. The zero-order valence-corrected chi connectivity index (χ0v) is 12.3. The number of thioether (sulfide) groups is 1. The minimum atomic E-state index is 0.588. The molecular weight excluding hydrogens is 266 g/mol. The van der Waals surface area contributed by atoms with E-state index in [0.717, 1.165) is 17.9 Å². The summed E-state index contributed by atoms with van der Waals surface area (Å²) in [6, 6.07) is 6.56. The van der Waals surface area contributed by atoms with Crippen molar-refractivity contribution >= 4 is 29.1 Å². The number of ether oxygens (including phenoxy) is 1. The number of anilines is 1. The lowest BCUT2D eigenvalue weighted by Gasteiger charge is -2.23. The van der Waals surface area contributed by atoms with Gasteiger partial charge in [-0.3, -0.25) is 0 Å². The van der Waals surface area contributed by atoms with Crippen molar-refractivity contribution < 1.29 is 4.74 Å². The Labute approximate surface area is 118 Å². The molecule has 1 N–H and O–H groups in total. The van der Waals surface area contributed by atoms with Gasteiger partial charge in [-0.25, -0.2) is 0 Å². The first-order valence-corrected chi connectivity index (χ1v) is 8.09. The van der Waals surface area contributed by atoms with E-state index in [0.29, 0.717) is 17.7 Å². The minimum Gasteiger partial charge on any atom is -0.492 e. The fourth-order valence-corrected chi connectivity index (χ4v) is 3.34. The molecular formula is C14H20ClNOS. The molecule has 0 aliphatic carbocycles. The van der Waals surface area contributed by atoms with Crippen LogP contribution in [0.5, 0.6) is 5.75 Å². The summed E-state index contributed by atoms with van der Waals surface area (Å²) >= 11 is 8.25. The monoisotopic (exact) mass is 285 g/mol. The van der Waals surface area contributed by atoms with E-state index in [2.05, 4.69) is 18.3 Å². The van der Waals surface area contributed by atoms with E-state index < -0.39 is 0 Å². The highest BCUT2D eigenvalue weighted by Crippen LogP contribution is 2.29. The van der Waals surface area contributed by atoms with E-state index in [1.54, 1.807) is 0 Å². The largest absolute Gasteiger partial charge is 0.492 e. The Bertz CT molecular complexity index is 380. The maximum absolute atomic E-state index is 6.21. The lowest BCUT2D eigenvalue weighted by Crippen LogP contribution is -2.24. The van der Waals surface area contributed by atoms with Gasteiger partial charge in [0.05, 0.1) is 11.6 Å². The standard InChI is InChI=1S/C14H20ClNOS/c1-2-7-17-14-4-3-12(10-13(14)15)16-11-5-8-18-9-6-11/h3-4,10-11,16H,2,5-9H2,1H3. The van der Waals surface area contributed by atoms with Crippen LogP contribution in [-0.4, -0.2) is 24.2 Å². The molecule has 0 unspecified atom stereocenters. The van der Waals surface area contributed by atoms with Gasteiger partial charge in [-0.1, -0.05) is 18.5 Å². The number of halogens is 1. The molecule has 1 aliphatic heterocycles. The first-order valence-electron chi connectivity index (χ1n) is 6.56. The van der Waals surface area contributed by atoms with Crippen molar-refractivity contribution in [1.29, 1.82) is 0 Å². The van der Waals surface area contributed by atoms with Crippen LogP contribution >= 0.6 is 23.4 Å². The molecule has 1 fully saturated rings. The summed E-state index contributed by atoms with van der Waals surface area (Å²) in [5.41, 5.74) is 1.10. The zero-order chi connectivity index (χ0) is 12.8. The van der Waals surface area contributed by atoms with E-state index >= 15 is 0 Å². The Kier molecular flexibility index (Phi) is 5.51. The zero-order valence-electron chi connectivity index (χ0n) is 10.7. The second-order valence-corrected chi connectivity index (χ2v) is 6.16. The van der Waals surface area contributed by atoms with Gasteiger partial charge in [-0.2, -0.15) is 11.8 Å². The second-order valence-electron chi connectivity index (χ2n) is 4.52. The molecule has 4 heteroatoms. The summed E-state index contributed by atoms with van der Waals surface area (Å²) in [7, 11) is 0. The van der Waals surface area contributed by atoms with Gasteiger partial charge >= 0.3 is 0 Å². The van der Waals surface area contributed by atoms with Gasteiger partial charge in [0.15, 0.2) is 0 Å². The first-order chi connectivity index (χ1) is 8.79. The van der Waals surface area contributed by atoms with Gasteiger partial charge in [0.25, 0.3) is 0 Å². The van der Waals surface area contributed by atoms with Crippen LogP contribution in [0, 0.1) is 0 Å². The minimum absolute atomic E-state index is 0.588. The maximum Gasteiger partial charge on any atom is 0.138 e. The quantitative estimate of drug-likeness (QED) is 0.864. The van der Waals surface area contributed by atoms with Crippen LogP contribution < -0.4 is 10.1 Å². The van der Waals surface area contributed by atoms with Crippen LogP contribution in [0.15, 0.2) is 18.2 Å². The summed E-state index contributed by atoms with van der Waals surface area (Å²) in [5.74, 6) is 3.29. The third-order valence-corrected chi connectivity index (χ3v) is 4.33. The van der Waals surface area contributed by atoms with E-state index in [-0.39, 0.29) is 0 Å². The summed E-state index contributed by atoms with van der Waals surface area (Å²) in [4.78, 5) is 0. The van der Waals surface area contributed by atoms with Crippen molar-refractivity contribution in [3.05, 3.63) is 23.2 Å². The SMILES string of the molecule is CCCOc1ccc(NC2CCSCC2)cc1Cl. The van der Waals surface area contributed by atoms with Crippen LogP contribution in [0.4, 0.5) is 5.69 Å². The number of nitrogens with one attached hydrogen (secondary N) is 1. The molecule has 0 amide bonds. The van der Waals surface area contributed by atoms with E-state index in [9.17, 15) is 0 Å². The first kappa shape index (κ1) is 13.9. The molecule has 1 aromatic carbocycles. The predicted molar refractivity (Wildman–Crippen MR) is 81.2 cm³/mol. The highest BCUT2D eigenvalue weighted by atomic mass is 35.5. The van der Waals surface area contributed by atoms with Gasteiger partial charge < -0.3 is 10.1 Å². The van der Waals surface area contributed by atoms with Gasteiger partial charge in [0, 0.05) is 11.7 Å². The molecule has 1 saturated heterocycles. The summed E-state index contributed by atoms with van der Waals surface area (Å²) < 4.78 is 5.57. The highest BCUT2D eigenvalue weighted by Gasteiger charge is 2.13. The van der Waals surface area contributed by atoms with E-state index in [1.807, 2.05) is 23.9 Å². The van der Waals surface area contributed by atoms with Crippen LogP contribution in [0.1, 0.15) is 26.2 Å². The lowest BCUT2D eigenvalue weighted by atomic mass is 10.1. The smallest absolute Gasteiger partial charge is 0.138 e. The summed E-state index contributed by atoms with van der Waals surface area (Å²) in [6.07, 6.45) is 3.46. The molecule has 1 aromatic rings. The van der Waals surface area contributed by atoms with Crippen molar-refractivity contribution in [3.63, 3.8) is 0 Å². The number of hydrogen-bond acceptors (Lipinski definition) is 3. The van der Waals surface area contributed by atoms with Crippen molar-refractivity contribution in [2.24, 2.45) is 0 Å². The fourth-order valence-electron chi connectivity index (χ4n) is 2.00. The Balaban J connectivity index is 1.94. The van der Waals surface area contributed by atoms with Gasteiger partial charge in [-0.15, -0.1) is 0 Å². The topological polar surface area (TPSA) is 21.3 Å². The molecule has 0 atom stereocenters. The molecule has 0 spiro atoms. The second kappa shape index (κ2) is 7.15. The van der Waals surface area contributed by atoms with Crippen molar-refractivity contribution in [2.75, 3.05) is 23.4 Å². The van der Waals surface area contributed by atoms with Gasteiger partial charge in [0.2, 0.25) is 0 Å². The number of benzene rings is 1. The molecule has 100 valence electrons. The Hall–Kier alpha value is -0.540. The molecule has 0 aromatic heterocycles. The maximum atomic E-state index is 6.21. The van der Waals surface area contributed by atoms with Crippen molar-refractivity contribution in [1.82, 2.24) is 0 Å². The summed E-state index contributed by atoms with van der Waals surface area (Å²) in [5, 5.41) is 4.24. The third kappa shape index (κ3) is 3.99. The average molecular weight is 286 g/mol. The van der Waals surface area contributed by atoms with Crippen LogP contribution in [0.3, 0.4) is 0 Å². The van der Waals surface area contributed by atoms with Gasteiger partial charge in [-0.05, 0) is 49.0 Å². The van der Waals surface area contributed by atoms with Crippen LogP contribution in [0.2, 0.25) is 5.02 Å². The predicted octanol–water partition coefficient (Wildman–Crippen LogP) is 4.44. The Morgan fingerprint density at radius 2 is 2.17 bits per heavy atom. The van der Waals surface area contributed by atoms with Crippen LogP contribution in [0.25, 0.3) is 0 Å².